The summed E-state index contributed by atoms with van der Waals surface area (Å²) in [5, 5.41) is 6.77. The smallest absolute Gasteiger partial charge is 0.263 e. The zero-order valence-corrected chi connectivity index (χ0v) is 19.1. The molecule has 0 bridgehead atoms. The summed E-state index contributed by atoms with van der Waals surface area (Å²) in [6.07, 6.45) is 5.23. The summed E-state index contributed by atoms with van der Waals surface area (Å²) in [4.78, 5) is 36.3. The van der Waals surface area contributed by atoms with Gasteiger partial charge in [-0.15, -0.1) is 22.7 Å². The maximum absolute atomic E-state index is 13.5. The van der Waals surface area contributed by atoms with Crippen molar-refractivity contribution in [3.05, 3.63) is 31.9 Å². The number of aryl methyl sites for hydroxylation is 2. The fraction of sp³-hybridized carbons (Fsp3) is 0.500. The molecule has 1 fully saturated rings. The summed E-state index contributed by atoms with van der Waals surface area (Å²) in [5.41, 5.74) is 2.14. The first-order valence-corrected chi connectivity index (χ1v) is 12.8. The molecule has 30 heavy (non-hydrogen) atoms. The second-order valence-corrected chi connectivity index (χ2v) is 10.5. The van der Waals surface area contributed by atoms with Gasteiger partial charge in [0.15, 0.2) is 10.3 Å². The second kappa shape index (κ2) is 8.41. The number of thioether (sulfide) groups is 1. The number of carbonyl (C=O) groups is 1. The molecule has 1 unspecified atom stereocenters. The van der Waals surface area contributed by atoms with E-state index in [4.69, 9.17) is 9.72 Å². The largest absolute Gasteiger partial charge is 0.376 e. The summed E-state index contributed by atoms with van der Waals surface area (Å²) in [6.45, 7) is 2.77. The van der Waals surface area contributed by atoms with Crippen LogP contribution in [0.15, 0.2) is 15.3 Å². The zero-order chi connectivity index (χ0) is 20.7. The van der Waals surface area contributed by atoms with Gasteiger partial charge in [-0.05, 0) is 37.7 Å². The fourth-order valence-corrected chi connectivity index (χ4v) is 7.11. The van der Waals surface area contributed by atoms with Crippen LogP contribution in [0.3, 0.4) is 0 Å². The lowest BCUT2D eigenvalue weighted by molar-refractivity contribution is -0.114. The number of amides is 1. The van der Waals surface area contributed by atoms with E-state index in [1.165, 1.54) is 40.5 Å². The van der Waals surface area contributed by atoms with Gasteiger partial charge in [0, 0.05) is 29.5 Å². The molecule has 1 saturated heterocycles. The van der Waals surface area contributed by atoms with Crippen LogP contribution >= 0.6 is 34.4 Å². The number of fused-ring (bicyclic) bond motifs is 3. The van der Waals surface area contributed by atoms with Crippen molar-refractivity contribution in [2.24, 2.45) is 0 Å². The quantitative estimate of drug-likeness (QED) is 0.443. The molecule has 1 amide bonds. The third kappa shape index (κ3) is 3.93. The van der Waals surface area contributed by atoms with Crippen LogP contribution in [0.4, 0.5) is 5.13 Å². The van der Waals surface area contributed by atoms with Gasteiger partial charge in [0.05, 0.1) is 23.7 Å². The summed E-state index contributed by atoms with van der Waals surface area (Å²) < 4.78 is 7.63. The Kier molecular flexibility index (Phi) is 5.65. The molecule has 4 heterocycles. The van der Waals surface area contributed by atoms with E-state index < -0.39 is 0 Å². The minimum absolute atomic E-state index is 0.0645. The van der Waals surface area contributed by atoms with Crippen molar-refractivity contribution < 1.29 is 9.53 Å². The van der Waals surface area contributed by atoms with Gasteiger partial charge in [-0.1, -0.05) is 11.8 Å². The molecule has 5 rings (SSSR count). The van der Waals surface area contributed by atoms with E-state index in [1.54, 1.807) is 11.3 Å². The number of nitrogens with one attached hydrogen (secondary N) is 1. The molecule has 10 heteroatoms. The van der Waals surface area contributed by atoms with Gasteiger partial charge in [-0.2, -0.15) is 0 Å². The van der Waals surface area contributed by atoms with E-state index in [1.807, 2.05) is 9.95 Å². The molecule has 0 spiro atoms. The van der Waals surface area contributed by atoms with Crippen LogP contribution in [-0.4, -0.2) is 33.2 Å². The predicted octanol–water partition coefficient (Wildman–Crippen LogP) is 3.83. The molecule has 1 aliphatic heterocycles. The van der Waals surface area contributed by atoms with E-state index in [9.17, 15) is 9.59 Å². The molecule has 0 aromatic carbocycles. The molecule has 3 aromatic rings. The zero-order valence-electron chi connectivity index (χ0n) is 16.6. The normalized spacial score (nSPS) is 18.2. The average molecular weight is 463 g/mol. The van der Waals surface area contributed by atoms with Crippen molar-refractivity contribution in [2.45, 2.75) is 62.6 Å². The highest BCUT2D eigenvalue weighted by atomic mass is 32.2. The molecule has 7 nitrogen and oxygen atoms in total. The summed E-state index contributed by atoms with van der Waals surface area (Å²) >= 11 is 4.59. The number of nitrogens with zero attached hydrogens (tertiary/aromatic N) is 3. The minimum Gasteiger partial charge on any atom is -0.376 e. The van der Waals surface area contributed by atoms with Gasteiger partial charge < -0.3 is 10.1 Å². The fourth-order valence-electron chi connectivity index (χ4n) is 4.04. The van der Waals surface area contributed by atoms with E-state index in [-0.39, 0.29) is 17.6 Å². The highest BCUT2D eigenvalue weighted by molar-refractivity contribution is 7.98. The molecule has 3 aromatic heterocycles. The number of thiazole rings is 1. The number of aromatic nitrogens is 3. The molecule has 0 radical (unpaired) electrons. The molecule has 1 aliphatic carbocycles. The topological polar surface area (TPSA) is 86.1 Å². The molecule has 2 aliphatic rings. The van der Waals surface area contributed by atoms with E-state index in [0.29, 0.717) is 17.4 Å². The Hall–Kier alpha value is -1.75. The van der Waals surface area contributed by atoms with E-state index >= 15 is 0 Å². The minimum atomic E-state index is -0.133. The van der Waals surface area contributed by atoms with E-state index in [0.717, 1.165) is 59.8 Å². The lowest BCUT2D eigenvalue weighted by atomic mass is 10.2. The lowest BCUT2D eigenvalue weighted by Crippen LogP contribution is -2.28. The third-order valence-corrected chi connectivity index (χ3v) is 8.39. The van der Waals surface area contributed by atoms with Crippen molar-refractivity contribution in [3.63, 3.8) is 0 Å². The van der Waals surface area contributed by atoms with Crippen molar-refractivity contribution in [1.29, 1.82) is 0 Å². The number of ether oxygens (including phenoxy) is 1. The maximum atomic E-state index is 13.5. The van der Waals surface area contributed by atoms with Crippen LogP contribution in [0.25, 0.3) is 10.2 Å². The molecule has 158 valence electrons. The van der Waals surface area contributed by atoms with Crippen LogP contribution in [-0.2, 0) is 34.7 Å². The van der Waals surface area contributed by atoms with Gasteiger partial charge in [0.1, 0.15) is 4.83 Å². The Morgan fingerprint density at radius 1 is 1.37 bits per heavy atom. The Bertz CT molecular complexity index is 1160. The van der Waals surface area contributed by atoms with Crippen LogP contribution in [0.5, 0.6) is 0 Å². The van der Waals surface area contributed by atoms with Gasteiger partial charge in [-0.25, -0.2) is 9.97 Å². The number of thiophene rings is 1. The molecule has 0 saturated carbocycles. The molecular formula is C20H22N4O3S3. The summed E-state index contributed by atoms with van der Waals surface area (Å²) in [7, 11) is 0. The van der Waals surface area contributed by atoms with Crippen molar-refractivity contribution in [2.75, 3.05) is 11.9 Å². The first-order valence-electron chi connectivity index (χ1n) is 10.1. The number of anilines is 1. The third-order valence-electron chi connectivity index (χ3n) is 5.38. The number of carbonyl (C=O) groups excluding carboxylic acids is 1. The van der Waals surface area contributed by atoms with Gasteiger partial charge in [-0.3, -0.25) is 14.2 Å². The molecule has 1 N–H and O–H groups in total. The first kappa shape index (κ1) is 20.2. The van der Waals surface area contributed by atoms with Crippen molar-refractivity contribution in [1.82, 2.24) is 14.5 Å². The number of hydrogen-bond acceptors (Lipinski definition) is 8. The Labute approximate surface area is 185 Å². The highest BCUT2D eigenvalue weighted by Crippen LogP contribution is 2.36. The average Bonchev–Trinajstić information content (AvgIpc) is 3.47. The Morgan fingerprint density at radius 2 is 2.27 bits per heavy atom. The Balaban J connectivity index is 1.47. The maximum Gasteiger partial charge on any atom is 0.263 e. The monoisotopic (exact) mass is 462 g/mol. The van der Waals surface area contributed by atoms with Crippen molar-refractivity contribution in [3.8, 4) is 0 Å². The SMILES string of the molecule is CC(=O)Nc1nc(CSc2nc3sc4c(c3c(=O)n2CC2CCCO2)CCC4)cs1. The summed E-state index contributed by atoms with van der Waals surface area (Å²) in [6, 6.07) is 0. The van der Waals surface area contributed by atoms with Crippen LogP contribution < -0.4 is 10.9 Å². The predicted molar refractivity (Wildman–Crippen MR) is 121 cm³/mol. The molecule has 1 atom stereocenters. The summed E-state index contributed by atoms with van der Waals surface area (Å²) in [5.74, 6) is 0.455. The van der Waals surface area contributed by atoms with E-state index in [2.05, 4.69) is 10.3 Å². The number of hydrogen-bond donors (Lipinski definition) is 1. The van der Waals surface area contributed by atoms with Crippen LogP contribution in [0, 0.1) is 0 Å². The standard InChI is InChI=1S/C20H22N4O3S3/c1-11(25)21-19-22-12(9-28-19)10-29-20-23-17-16(14-5-2-6-15(14)30-17)18(26)24(20)8-13-4-3-7-27-13/h9,13H,2-8,10H2,1H3,(H,21,22,25). The number of rotatable bonds is 6. The highest BCUT2D eigenvalue weighted by Gasteiger charge is 2.25. The van der Waals surface area contributed by atoms with Crippen LogP contribution in [0.2, 0.25) is 0 Å². The van der Waals surface area contributed by atoms with Gasteiger partial charge in [0.2, 0.25) is 5.91 Å². The second-order valence-electron chi connectivity index (χ2n) is 7.60. The first-order chi connectivity index (χ1) is 14.6. The van der Waals surface area contributed by atoms with Crippen LogP contribution in [0.1, 0.15) is 42.3 Å². The Morgan fingerprint density at radius 3 is 3.07 bits per heavy atom. The lowest BCUT2D eigenvalue weighted by Gasteiger charge is -2.15. The molecular weight excluding hydrogens is 440 g/mol. The van der Waals surface area contributed by atoms with Gasteiger partial charge in [0.25, 0.3) is 5.56 Å². The van der Waals surface area contributed by atoms with Gasteiger partial charge >= 0.3 is 0 Å². The van der Waals surface area contributed by atoms with Crippen molar-refractivity contribution >= 4 is 55.7 Å².